The average molecular weight is 286 g/mol. The smallest absolute Gasteiger partial charge is 0.0706 e. The second-order valence-electron chi connectivity index (χ2n) is 2.85. The molecule has 0 spiro atoms. The number of thiophene rings is 1. The fourth-order valence-corrected chi connectivity index (χ4v) is 7.54. The Kier molecular flexibility index (Phi) is 3.00. The SMILES string of the molecule is C=c1ccsc1=C1SC2=C(SC=CS2)S1. The van der Waals surface area contributed by atoms with Crippen molar-refractivity contribution in [3.8, 4) is 0 Å². The Morgan fingerprint density at radius 2 is 1.60 bits per heavy atom. The number of rotatable bonds is 0. The van der Waals surface area contributed by atoms with Gasteiger partial charge in [0.15, 0.2) is 0 Å². The van der Waals surface area contributed by atoms with Gasteiger partial charge in [0, 0.05) is 0 Å². The Labute approximate surface area is 109 Å². The molecule has 15 heavy (non-hydrogen) atoms. The van der Waals surface area contributed by atoms with E-state index in [0.717, 1.165) is 5.22 Å². The molecule has 0 saturated carbocycles. The van der Waals surface area contributed by atoms with Crippen LogP contribution in [0.15, 0.2) is 30.7 Å². The molecule has 0 atom stereocenters. The molecular weight excluding hydrogens is 280 g/mol. The third-order valence-corrected chi connectivity index (χ3v) is 8.31. The van der Waals surface area contributed by atoms with E-state index in [4.69, 9.17) is 0 Å². The second kappa shape index (κ2) is 4.30. The Hall–Kier alpha value is 0.320. The monoisotopic (exact) mass is 286 g/mol. The van der Waals surface area contributed by atoms with Crippen LogP contribution in [0.2, 0.25) is 0 Å². The summed E-state index contributed by atoms with van der Waals surface area (Å²) in [5.41, 5.74) is 0. The molecule has 3 rings (SSSR count). The van der Waals surface area contributed by atoms with Crippen LogP contribution in [0.25, 0.3) is 10.8 Å². The molecule has 2 aliphatic rings. The Morgan fingerprint density at radius 1 is 0.933 bits per heavy atom. The quantitative estimate of drug-likeness (QED) is 0.711. The normalized spacial score (nSPS) is 19.9. The highest BCUT2D eigenvalue weighted by atomic mass is 32.3. The summed E-state index contributed by atoms with van der Waals surface area (Å²) in [4.78, 5) is 0. The average Bonchev–Trinajstić information content (AvgIpc) is 2.82. The maximum Gasteiger partial charge on any atom is 0.0706 e. The first kappa shape index (κ1) is 10.5. The largest absolute Gasteiger partial charge is 0.142 e. The summed E-state index contributed by atoms with van der Waals surface area (Å²) in [6, 6.07) is 2.09. The van der Waals surface area contributed by atoms with E-state index in [9.17, 15) is 0 Å². The fraction of sp³-hybridized carbons (Fsp3) is 0. The van der Waals surface area contributed by atoms with Crippen LogP contribution in [-0.2, 0) is 0 Å². The first-order chi connectivity index (χ1) is 7.34. The summed E-state index contributed by atoms with van der Waals surface area (Å²) in [6.07, 6.45) is 0. The molecule has 0 radical (unpaired) electrons. The lowest BCUT2D eigenvalue weighted by Gasteiger charge is -2.02. The van der Waals surface area contributed by atoms with E-state index in [1.54, 1.807) is 11.3 Å². The fourth-order valence-electron chi connectivity index (χ4n) is 1.20. The standard InChI is InChI=1S/C10H6S5/c1-6-2-3-11-7(6)8-14-9-10(15-8)13-5-4-12-9/h2-5H,1H2. The zero-order valence-electron chi connectivity index (χ0n) is 7.56. The first-order valence-electron chi connectivity index (χ1n) is 4.19. The van der Waals surface area contributed by atoms with Crippen molar-refractivity contribution >= 4 is 69.2 Å². The summed E-state index contributed by atoms with van der Waals surface area (Å²) < 4.78 is 5.58. The lowest BCUT2D eigenvalue weighted by Crippen LogP contribution is -2.16. The summed E-state index contributed by atoms with van der Waals surface area (Å²) in [5.74, 6) is 0. The zero-order chi connectivity index (χ0) is 10.3. The lowest BCUT2D eigenvalue weighted by molar-refractivity contribution is 1.76. The molecule has 0 N–H and O–H groups in total. The van der Waals surface area contributed by atoms with Crippen molar-refractivity contribution in [3.63, 3.8) is 0 Å². The number of hydrogen-bond donors (Lipinski definition) is 0. The molecule has 0 saturated heterocycles. The van der Waals surface area contributed by atoms with Crippen LogP contribution >= 0.6 is 58.4 Å². The second-order valence-corrected chi connectivity index (χ2v) is 8.41. The van der Waals surface area contributed by atoms with Gasteiger partial charge in [-0.15, -0.1) is 11.3 Å². The predicted molar refractivity (Wildman–Crippen MR) is 79.0 cm³/mol. The van der Waals surface area contributed by atoms with Gasteiger partial charge >= 0.3 is 0 Å². The van der Waals surface area contributed by atoms with E-state index in [1.807, 2.05) is 47.0 Å². The highest BCUT2D eigenvalue weighted by molar-refractivity contribution is 8.47. The van der Waals surface area contributed by atoms with Crippen molar-refractivity contribution in [3.05, 3.63) is 40.5 Å². The molecule has 0 unspecified atom stereocenters. The van der Waals surface area contributed by atoms with Gasteiger partial charge in [-0.2, -0.15) is 0 Å². The van der Waals surface area contributed by atoms with Gasteiger partial charge in [0.1, 0.15) is 0 Å². The van der Waals surface area contributed by atoms with Crippen LogP contribution in [0.5, 0.6) is 0 Å². The van der Waals surface area contributed by atoms with Crippen molar-refractivity contribution in [1.29, 1.82) is 0 Å². The maximum atomic E-state index is 4.06. The number of hydrogen-bond acceptors (Lipinski definition) is 5. The third kappa shape index (κ3) is 1.96. The predicted octanol–water partition coefficient (Wildman–Crippen LogP) is 3.78. The molecule has 0 fully saturated rings. The van der Waals surface area contributed by atoms with Crippen molar-refractivity contribution in [2.45, 2.75) is 0 Å². The van der Waals surface area contributed by atoms with Crippen molar-refractivity contribution in [2.24, 2.45) is 0 Å². The van der Waals surface area contributed by atoms with Crippen LogP contribution in [0.1, 0.15) is 0 Å². The van der Waals surface area contributed by atoms with E-state index >= 15 is 0 Å². The van der Waals surface area contributed by atoms with E-state index < -0.39 is 0 Å². The first-order valence-corrected chi connectivity index (χ1v) is 8.47. The van der Waals surface area contributed by atoms with Gasteiger partial charge in [0.05, 0.1) is 17.2 Å². The molecular formula is C10H6S5. The van der Waals surface area contributed by atoms with Crippen LogP contribution in [0, 0.1) is 0 Å². The van der Waals surface area contributed by atoms with Crippen LogP contribution in [0.3, 0.4) is 0 Å². The van der Waals surface area contributed by atoms with Gasteiger partial charge in [-0.1, -0.05) is 53.6 Å². The van der Waals surface area contributed by atoms with E-state index in [2.05, 4.69) is 28.8 Å². The minimum atomic E-state index is 1.15. The highest BCUT2D eigenvalue weighted by Gasteiger charge is 2.23. The minimum Gasteiger partial charge on any atom is -0.142 e. The molecule has 0 bridgehead atoms. The van der Waals surface area contributed by atoms with Crippen LogP contribution < -0.4 is 9.75 Å². The van der Waals surface area contributed by atoms with E-state index in [0.29, 0.717) is 0 Å². The van der Waals surface area contributed by atoms with Gasteiger partial charge in [0.2, 0.25) is 0 Å². The summed E-state index contributed by atoms with van der Waals surface area (Å²) >= 11 is 9.21. The van der Waals surface area contributed by atoms with Crippen molar-refractivity contribution < 1.29 is 0 Å². The summed E-state index contributed by atoms with van der Waals surface area (Å²) in [7, 11) is 0. The Bertz CT molecular complexity index is 541. The highest BCUT2D eigenvalue weighted by Crippen LogP contribution is 2.60. The molecule has 5 heteroatoms. The van der Waals surface area contributed by atoms with Gasteiger partial charge in [0.25, 0.3) is 0 Å². The summed E-state index contributed by atoms with van der Waals surface area (Å²) in [5, 5.41) is 7.57. The maximum absolute atomic E-state index is 4.06. The molecule has 0 aliphatic carbocycles. The van der Waals surface area contributed by atoms with Crippen LogP contribution in [0.4, 0.5) is 0 Å². The Morgan fingerprint density at radius 3 is 2.13 bits per heavy atom. The molecule has 1 aromatic rings. The zero-order valence-corrected chi connectivity index (χ0v) is 11.6. The van der Waals surface area contributed by atoms with Gasteiger partial charge in [-0.05, 0) is 27.5 Å². The van der Waals surface area contributed by atoms with Gasteiger partial charge in [-0.3, -0.25) is 0 Å². The molecule has 3 heterocycles. The van der Waals surface area contributed by atoms with Gasteiger partial charge in [-0.25, -0.2) is 0 Å². The molecule has 2 aliphatic heterocycles. The molecule has 76 valence electrons. The molecule has 0 nitrogen and oxygen atoms in total. The minimum absolute atomic E-state index is 1.15. The van der Waals surface area contributed by atoms with Crippen LogP contribution in [-0.4, -0.2) is 0 Å². The number of thioether (sulfide) groups is 4. The molecule has 0 aromatic carbocycles. The summed E-state index contributed by atoms with van der Waals surface area (Å²) in [6.45, 7) is 4.06. The van der Waals surface area contributed by atoms with Gasteiger partial charge < -0.3 is 0 Å². The topological polar surface area (TPSA) is 0 Å². The third-order valence-electron chi connectivity index (χ3n) is 1.88. The Balaban J connectivity index is 2.04. The molecule has 1 aromatic heterocycles. The van der Waals surface area contributed by atoms with Crippen molar-refractivity contribution in [2.75, 3.05) is 0 Å². The van der Waals surface area contributed by atoms with Crippen molar-refractivity contribution in [1.82, 2.24) is 0 Å². The van der Waals surface area contributed by atoms with E-state index in [1.165, 1.54) is 17.2 Å². The van der Waals surface area contributed by atoms with E-state index in [-0.39, 0.29) is 0 Å². The lowest BCUT2D eigenvalue weighted by atomic mass is 10.5. The molecule has 0 amide bonds.